The second-order valence-corrected chi connectivity index (χ2v) is 7.17. The van der Waals surface area contributed by atoms with Gasteiger partial charge in [-0.3, -0.25) is 4.99 Å². The summed E-state index contributed by atoms with van der Waals surface area (Å²) in [7, 11) is 5.80. The summed E-state index contributed by atoms with van der Waals surface area (Å²) in [5, 5.41) is 11.1. The van der Waals surface area contributed by atoms with Crippen LogP contribution in [-0.4, -0.2) is 43.6 Å². The highest BCUT2D eigenvalue weighted by atomic mass is 32.1. The number of H-pyrrole nitrogens is 1. The summed E-state index contributed by atoms with van der Waals surface area (Å²) in [4.78, 5) is 14.2. The van der Waals surface area contributed by atoms with Gasteiger partial charge in [0, 0.05) is 50.2 Å². The van der Waals surface area contributed by atoms with Crippen molar-refractivity contribution in [2.75, 3.05) is 32.6 Å². The van der Waals surface area contributed by atoms with Gasteiger partial charge in [0.05, 0.1) is 12.2 Å². The number of nitrogens with one attached hydrogen (secondary N) is 3. The zero-order valence-electron chi connectivity index (χ0n) is 15.5. The van der Waals surface area contributed by atoms with Gasteiger partial charge in [-0.05, 0) is 24.5 Å². The average Bonchev–Trinajstić information content (AvgIpc) is 3.28. The quantitative estimate of drug-likeness (QED) is 0.340. The monoisotopic (exact) mass is 370 g/mol. The highest BCUT2D eigenvalue weighted by Gasteiger charge is 2.05. The normalized spacial score (nSPS) is 11.7. The van der Waals surface area contributed by atoms with Gasteiger partial charge in [0.25, 0.3) is 0 Å². The Morgan fingerprint density at radius 1 is 1.27 bits per heavy atom. The number of aryl methyl sites for hydroxylation is 1. The molecular weight excluding hydrogens is 344 g/mol. The summed E-state index contributed by atoms with van der Waals surface area (Å²) < 4.78 is 0. The number of nitrogens with zero attached hydrogens (tertiary/aromatic N) is 3. The lowest BCUT2D eigenvalue weighted by Crippen LogP contribution is -2.37. The lowest BCUT2D eigenvalue weighted by Gasteiger charge is -2.11. The summed E-state index contributed by atoms with van der Waals surface area (Å²) in [6.07, 6.45) is 4.19. The summed E-state index contributed by atoms with van der Waals surface area (Å²) in [5.74, 6) is 0.809. The Morgan fingerprint density at radius 3 is 2.88 bits per heavy atom. The fourth-order valence-corrected chi connectivity index (χ4v) is 3.56. The van der Waals surface area contributed by atoms with E-state index in [0.717, 1.165) is 36.2 Å². The van der Waals surface area contributed by atoms with Crippen LogP contribution in [0.1, 0.15) is 17.7 Å². The molecule has 0 unspecified atom stereocenters. The average molecular weight is 371 g/mol. The van der Waals surface area contributed by atoms with Gasteiger partial charge in [-0.2, -0.15) is 0 Å². The van der Waals surface area contributed by atoms with Gasteiger partial charge in [0.15, 0.2) is 11.1 Å². The van der Waals surface area contributed by atoms with E-state index >= 15 is 0 Å². The smallest absolute Gasteiger partial charge is 0.191 e. The van der Waals surface area contributed by atoms with E-state index in [1.54, 1.807) is 18.4 Å². The molecule has 138 valence electrons. The molecule has 2 heterocycles. The number of aliphatic imine (C=N–C) groups is 1. The number of rotatable bonds is 7. The maximum Gasteiger partial charge on any atom is 0.191 e. The first-order valence-electron chi connectivity index (χ1n) is 8.78. The molecule has 0 atom stereocenters. The van der Waals surface area contributed by atoms with Gasteiger partial charge in [-0.15, -0.1) is 11.3 Å². The molecular formula is C19H26N6S. The molecule has 0 radical (unpaired) electrons. The second-order valence-electron chi connectivity index (χ2n) is 6.33. The summed E-state index contributed by atoms with van der Waals surface area (Å²) in [6, 6.07) is 8.43. The maximum atomic E-state index is 4.57. The molecule has 0 aliphatic carbocycles. The Balaban J connectivity index is 1.42. The van der Waals surface area contributed by atoms with Crippen LogP contribution in [0.5, 0.6) is 0 Å². The fourth-order valence-electron chi connectivity index (χ4n) is 2.80. The lowest BCUT2D eigenvalue weighted by molar-refractivity contribution is 0.740. The summed E-state index contributed by atoms with van der Waals surface area (Å²) in [6.45, 7) is 1.55. The molecule has 0 fully saturated rings. The SMILES string of the molecule is CN=C(NCCCc1c[nH]c2ccccc12)NCc1csc(N(C)C)n1. The molecule has 0 saturated heterocycles. The molecule has 3 aromatic rings. The third-order valence-corrected chi connectivity index (χ3v) is 5.23. The number of hydrogen-bond donors (Lipinski definition) is 3. The second kappa shape index (κ2) is 8.71. The number of anilines is 1. The Kier molecular flexibility index (Phi) is 6.12. The molecule has 0 bridgehead atoms. The molecule has 1 aromatic carbocycles. The summed E-state index contributed by atoms with van der Waals surface area (Å²) >= 11 is 1.65. The van der Waals surface area contributed by atoms with Crippen molar-refractivity contribution in [3.63, 3.8) is 0 Å². The van der Waals surface area contributed by atoms with Gasteiger partial charge in [-0.1, -0.05) is 18.2 Å². The van der Waals surface area contributed by atoms with Crippen molar-refractivity contribution in [1.82, 2.24) is 20.6 Å². The van der Waals surface area contributed by atoms with E-state index in [0.29, 0.717) is 6.54 Å². The van der Waals surface area contributed by atoms with Gasteiger partial charge < -0.3 is 20.5 Å². The highest BCUT2D eigenvalue weighted by molar-refractivity contribution is 7.13. The van der Waals surface area contributed by atoms with Gasteiger partial charge >= 0.3 is 0 Å². The molecule has 0 aliphatic rings. The van der Waals surface area contributed by atoms with E-state index in [1.165, 1.54) is 16.5 Å². The predicted octanol–water partition coefficient (Wildman–Crippen LogP) is 2.99. The molecule has 0 aliphatic heterocycles. The minimum atomic E-state index is 0.673. The minimum absolute atomic E-state index is 0.673. The highest BCUT2D eigenvalue weighted by Crippen LogP contribution is 2.19. The van der Waals surface area contributed by atoms with E-state index in [-0.39, 0.29) is 0 Å². The van der Waals surface area contributed by atoms with E-state index in [1.807, 2.05) is 19.0 Å². The molecule has 0 saturated carbocycles. The van der Waals surface area contributed by atoms with E-state index in [9.17, 15) is 0 Å². The van der Waals surface area contributed by atoms with Crippen LogP contribution in [0.15, 0.2) is 40.8 Å². The third kappa shape index (κ3) is 4.54. The van der Waals surface area contributed by atoms with Crippen molar-refractivity contribution in [2.45, 2.75) is 19.4 Å². The van der Waals surface area contributed by atoms with Crippen molar-refractivity contribution in [3.8, 4) is 0 Å². The van der Waals surface area contributed by atoms with Crippen LogP contribution in [0.2, 0.25) is 0 Å². The Hall–Kier alpha value is -2.54. The van der Waals surface area contributed by atoms with Crippen LogP contribution in [0.3, 0.4) is 0 Å². The van der Waals surface area contributed by atoms with Crippen LogP contribution in [0.25, 0.3) is 10.9 Å². The van der Waals surface area contributed by atoms with E-state index < -0.39 is 0 Å². The number of fused-ring (bicyclic) bond motifs is 1. The lowest BCUT2D eigenvalue weighted by atomic mass is 10.1. The van der Waals surface area contributed by atoms with Crippen LogP contribution in [-0.2, 0) is 13.0 Å². The minimum Gasteiger partial charge on any atom is -0.361 e. The number of hydrogen-bond acceptors (Lipinski definition) is 4. The number of para-hydroxylation sites is 1. The first-order chi connectivity index (χ1) is 12.7. The number of thiazole rings is 1. The fraction of sp³-hybridized carbons (Fsp3) is 0.368. The van der Waals surface area contributed by atoms with Crippen LogP contribution < -0.4 is 15.5 Å². The molecule has 0 amide bonds. The summed E-state index contributed by atoms with van der Waals surface area (Å²) in [5.41, 5.74) is 3.60. The standard InChI is InChI=1S/C19H26N6S/c1-20-18(23-12-15-13-26-19(24-15)25(2)3)21-10-6-7-14-11-22-17-9-5-4-8-16(14)17/h4-5,8-9,11,13,22H,6-7,10,12H2,1-3H3,(H2,20,21,23). The maximum absolute atomic E-state index is 4.57. The van der Waals surface area contributed by atoms with Crippen molar-refractivity contribution in [2.24, 2.45) is 4.99 Å². The van der Waals surface area contributed by atoms with E-state index in [2.05, 4.69) is 61.4 Å². The Bertz CT molecular complexity index is 864. The van der Waals surface area contributed by atoms with Crippen LogP contribution >= 0.6 is 11.3 Å². The van der Waals surface area contributed by atoms with Gasteiger partial charge in [0.2, 0.25) is 0 Å². The van der Waals surface area contributed by atoms with Crippen LogP contribution in [0, 0.1) is 0 Å². The van der Waals surface area contributed by atoms with E-state index in [4.69, 9.17) is 0 Å². The Morgan fingerprint density at radius 2 is 2.12 bits per heavy atom. The van der Waals surface area contributed by atoms with Gasteiger partial charge in [0.1, 0.15) is 0 Å². The molecule has 3 N–H and O–H groups in total. The molecule has 2 aromatic heterocycles. The third-order valence-electron chi connectivity index (χ3n) is 4.17. The zero-order chi connectivity index (χ0) is 18.4. The van der Waals surface area contributed by atoms with Crippen molar-refractivity contribution >= 4 is 33.3 Å². The number of benzene rings is 1. The Labute approximate surface area is 158 Å². The molecule has 3 rings (SSSR count). The predicted molar refractivity (Wildman–Crippen MR) is 111 cm³/mol. The number of aromatic nitrogens is 2. The van der Waals surface area contributed by atoms with Crippen molar-refractivity contribution in [1.29, 1.82) is 0 Å². The first-order valence-corrected chi connectivity index (χ1v) is 9.66. The van der Waals surface area contributed by atoms with Crippen molar-refractivity contribution < 1.29 is 0 Å². The topological polar surface area (TPSA) is 68.3 Å². The van der Waals surface area contributed by atoms with Crippen LogP contribution in [0.4, 0.5) is 5.13 Å². The molecule has 7 heteroatoms. The number of aromatic amines is 1. The number of guanidine groups is 1. The zero-order valence-corrected chi connectivity index (χ0v) is 16.4. The van der Waals surface area contributed by atoms with Gasteiger partial charge in [-0.25, -0.2) is 4.98 Å². The molecule has 6 nitrogen and oxygen atoms in total. The van der Waals surface area contributed by atoms with Crippen molar-refractivity contribution in [3.05, 3.63) is 47.1 Å². The molecule has 26 heavy (non-hydrogen) atoms. The largest absolute Gasteiger partial charge is 0.361 e. The molecule has 0 spiro atoms. The first kappa shape index (κ1) is 18.3.